The first-order valence-electron chi connectivity index (χ1n) is 11.8. The molecule has 3 aliphatic rings. The van der Waals surface area contributed by atoms with Crippen LogP contribution < -0.4 is 20.3 Å². The number of nitrogens with two attached hydrogens (primary N) is 1. The van der Waals surface area contributed by atoms with Crippen LogP contribution in [-0.4, -0.2) is 52.7 Å². The summed E-state index contributed by atoms with van der Waals surface area (Å²) in [6.45, 7) is 3.55. The standard InChI is InChI=1S/C24H25N9OS2/c1-34-23-28-21(31-6-3-7-33-14(11-31)8-18(30-33)35-2)16(10-26)22(29-23)32-12-24(13-32)5-4-17-19(24)15(9-25)20(27)36-17/h8H,3-7,11-13,27H2,1-2H3. The van der Waals surface area contributed by atoms with E-state index in [1.54, 1.807) is 18.9 Å². The number of rotatable bonds is 4. The number of aromatic nitrogens is 4. The summed E-state index contributed by atoms with van der Waals surface area (Å²) >= 11 is 3.16. The summed E-state index contributed by atoms with van der Waals surface area (Å²) in [7, 11) is 1.55. The molecular weight excluding hydrogens is 494 g/mol. The molecule has 1 fully saturated rings. The Morgan fingerprint density at radius 1 is 1.14 bits per heavy atom. The Morgan fingerprint density at radius 3 is 2.58 bits per heavy atom. The molecule has 2 aliphatic heterocycles. The van der Waals surface area contributed by atoms with Crippen LogP contribution in [0.15, 0.2) is 11.1 Å². The van der Waals surface area contributed by atoms with Gasteiger partial charge in [-0.2, -0.15) is 25.6 Å². The fourth-order valence-electron chi connectivity index (χ4n) is 5.76. The third-order valence-corrected chi connectivity index (χ3v) is 9.11. The van der Waals surface area contributed by atoms with E-state index in [1.165, 1.54) is 16.2 Å². The van der Waals surface area contributed by atoms with Crippen molar-refractivity contribution in [3.05, 3.63) is 33.3 Å². The Balaban J connectivity index is 1.35. The van der Waals surface area contributed by atoms with Gasteiger partial charge in [0.05, 0.1) is 24.9 Å². The van der Waals surface area contributed by atoms with Crippen LogP contribution >= 0.6 is 23.1 Å². The highest BCUT2D eigenvalue weighted by Crippen LogP contribution is 2.53. The maximum Gasteiger partial charge on any atom is 0.320 e. The quantitative estimate of drug-likeness (QED) is 0.513. The van der Waals surface area contributed by atoms with Crippen molar-refractivity contribution in [1.29, 1.82) is 10.5 Å². The van der Waals surface area contributed by atoms with Gasteiger partial charge in [-0.15, -0.1) is 23.1 Å². The van der Waals surface area contributed by atoms with Gasteiger partial charge in [0.1, 0.15) is 27.7 Å². The van der Waals surface area contributed by atoms with E-state index in [-0.39, 0.29) is 11.4 Å². The highest BCUT2D eigenvalue weighted by atomic mass is 32.2. The van der Waals surface area contributed by atoms with Crippen molar-refractivity contribution in [2.24, 2.45) is 0 Å². The Hall–Kier alpha value is -3.48. The second-order valence-corrected chi connectivity index (χ2v) is 11.4. The Bertz CT molecular complexity index is 1440. The van der Waals surface area contributed by atoms with Gasteiger partial charge in [-0.3, -0.25) is 4.68 Å². The van der Waals surface area contributed by atoms with Gasteiger partial charge in [-0.25, -0.2) is 0 Å². The lowest BCUT2D eigenvalue weighted by Crippen LogP contribution is -2.59. The molecule has 184 valence electrons. The molecule has 0 unspecified atom stereocenters. The van der Waals surface area contributed by atoms with Gasteiger partial charge in [0.2, 0.25) is 0 Å². The van der Waals surface area contributed by atoms with E-state index in [9.17, 15) is 10.5 Å². The predicted octanol–water partition coefficient (Wildman–Crippen LogP) is 2.91. The van der Waals surface area contributed by atoms with Crippen LogP contribution in [0.5, 0.6) is 6.01 Å². The number of anilines is 3. The van der Waals surface area contributed by atoms with Gasteiger partial charge in [0.15, 0.2) is 11.6 Å². The Morgan fingerprint density at radius 2 is 1.89 bits per heavy atom. The second-order valence-electron chi connectivity index (χ2n) is 9.41. The molecule has 0 radical (unpaired) electrons. The molecule has 5 heterocycles. The lowest BCUT2D eigenvalue weighted by molar-refractivity contribution is 0.323. The molecule has 2 N–H and O–H groups in total. The number of hydrogen-bond donors (Lipinski definition) is 1. The largest absolute Gasteiger partial charge is 0.467 e. The topological polar surface area (TPSA) is 133 Å². The van der Waals surface area contributed by atoms with Gasteiger partial charge in [0.25, 0.3) is 0 Å². The zero-order chi connectivity index (χ0) is 25.0. The fourth-order valence-corrected chi connectivity index (χ4v) is 7.33. The summed E-state index contributed by atoms with van der Waals surface area (Å²) in [6.07, 6.45) is 4.82. The molecule has 10 nitrogen and oxygen atoms in total. The Kier molecular flexibility index (Phi) is 5.47. The smallest absolute Gasteiger partial charge is 0.320 e. The normalized spacial score (nSPS) is 17.7. The maximum absolute atomic E-state index is 10.3. The SMILES string of the molecule is COc1nc(N2CCCn3nc(SC)cc3C2)c(C#N)c(N2CC3(CCc4sc(N)c(C#N)c43)C2)n1. The molecule has 1 aliphatic carbocycles. The van der Waals surface area contributed by atoms with E-state index in [2.05, 4.69) is 43.1 Å². The number of thiophene rings is 1. The summed E-state index contributed by atoms with van der Waals surface area (Å²) < 4.78 is 7.53. The number of fused-ring (bicyclic) bond motifs is 3. The zero-order valence-corrected chi connectivity index (χ0v) is 21.7. The summed E-state index contributed by atoms with van der Waals surface area (Å²) in [5.41, 5.74) is 9.30. The first-order valence-corrected chi connectivity index (χ1v) is 13.8. The minimum Gasteiger partial charge on any atom is -0.467 e. The molecule has 0 bridgehead atoms. The van der Waals surface area contributed by atoms with E-state index in [0.717, 1.165) is 48.6 Å². The molecule has 3 aromatic heterocycles. The number of hydrogen-bond acceptors (Lipinski definition) is 11. The van der Waals surface area contributed by atoms with E-state index in [1.807, 2.05) is 10.9 Å². The average molecular weight is 520 g/mol. The number of nitrogens with zero attached hydrogens (tertiary/aromatic N) is 8. The van der Waals surface area contributed by atoms with Crippen molar-refractivity contribution in [3.63, 3.8) is 0 Å². The van der Waals surface area contributed by atoms with E-state index in [4.69, 9.17) is 10.5 Å². The summed E-state index contributed by atoms with van der Waals surface area (Å²) in [6, 6.07) is 7.05. The molecule has 0 aromatic carbocycles. The molecule has 0 saturated carbocycles. The molecule has 1 saturated heterocycles. The van der Waals surface area contributed by atoms with Crippen molar-refractivity contribution in [2.75, 3.05) is 48.5 Å². The van der Waals surface area contributed by atoms with Gasteiger partial charge in [-0.05, 0) is 37.1 Å². The average Bonchev–Trinajstić information content (AvgIpc) is 3.48. The monoisotopic (exact) mass is 519 g/mol. The lowest BCUT2D eigenvalue weighted by atomic mass is 9.74. The van der Waals surface area contributed by atoms with Gasteiger partial charge >= 0.3 is 6.01 Å². The molecule has 0 atom stereocenters. The van der Waals surface area contributed by atoms with Crippen molar-refractivity contribution < 1.29 is 4.74 Å². The van der Waals surface area contributed by atoms with Crippen molar-refractivity contribution in [2.45, 2.75) is 42.8 Å². The van der Waals surface area contributed by atoms with Crippen LogP contribution in [0.1, 0.15) is 40.1 Å². The van der Waals surface area contributed by atoms with Crippen LogP contribution in [0.4, 0.5) is 16.6 Å². The molecule has 0 amide bonds. The van der Waals surface area contributed by atoms with Gasteiger partial charge in [-0.1, -0.05) is 0 Å². The number of methoxy groups -OCH3 is 1. The minimum absolute atomic E-state index is 0.122. The molecule has 6 rings (SSSR count). The molecule has 1 spiro atoms. The fraction of sp³-hybridized carbons (Fsp3) is 0.458. The van der Waals surface area contributed by atoms with Crippen LogP contribution in [0.2, 0.25) is 0 Å². The first-order chi connectivity index (χ1) is 17.5. The van der Waals surface area contributed by atoms with Crippen LogP contribution in [0.3, 0.4) is 0 Å². The van der Waals surface area contributed by atoms with Crippen LogP contribution in [0, 0.1) is 22.7 Å². The summed E-state index contributed by atoms with van der Waals surface area (Å²) in [5, 5.41) is 26.2. The maximum atomic E-state index is 10.3. The van der Waals surface area contributed by atoms with E-state index in [0.29, 0.717) is 47.4 Å². The molecule has 36 heavy (non-hydrogen) atoms. The summed E-state index contributed by atoms with van der Waals surface area (Å²) in [5.74, 6) is 1.17. The number of nitriles is 2. The number of nitrogen functional groups attached to an aromatic ring is 1. The number of aryl methyl sites for hydroxylation is 2. The molecule has 3 aromatic rings. The third kappa shape index (κ3) is 3.39. The van der Waals surface area contributed by atoms with Crippen molar-refractivity contribution >= 4 is 39.7 Å². The lowest BCUT2D eigenvalue weighted by Gasteiger charge is -2.49. The first kappa shape index (κ1) is 23.0. The molecule has 12 heteroatoms. The van der Waals surface area contributed by atoms with E-state index >= 15 is 0 Å². The number of thioether (sulfide) groups is 1. The van der Waals surface area contributed by atoms with E-state index < -0.39 is 0 Å². The second kappa shape index (κ2) is 8.57. The minimum atomic E-state index is -0.122. The van der Waals surface area contributed by atoms with Crippen LogP contribution in [-0.2, 0) is 24.9 Å². The van der Waals surface area contributed by atoms with Crippen LogP contribution in [0.25, 0.3) is 0 Å². The van der Waals surface area contributed by atoms with Gasteiger partial charge in [0, 0.05) is 36.5 Å². The zero-order valence-electron chi connectivity index (χ0n) is 20.1. The van der Waals surface area contributed by atoms with Crippen molar-refractivity contribution in [1.82, 2.24) is 19.7 Å². The van der Waals surface area contributed by atoms with Crippen molar-refractivity contribution in [3.8, 4) is 18.1 Å². The predicted molar refractivity (Wildman–Crippen MR) is 139 cm³/mol. The highest BCUT2D eigenvalue weighted by Gasteiger charge is 2.52. The highest BCUT2D eigenvalue weighted by molar-refractivity contribution is 7.98. The third-order valence-electron chi connectivity index (χ3n) is 7.41. The van der Waals surface area contributed by atoms with Gasteiger partial charge < -0.3 is 20.3 Å². The summed E-state index contributed by atoms with van der Waals surface area (Å²) in [4.78, 5) is 14.7. The number of ether oxygens (including phenoxy) is 1. The molecular formula is C24H25N9OS2. The Labute approximate surface area is 217 Å².